The first-order chi connectivity index (χ1) is 8.99. The van der Waals surface area contributed by atoms with Crippen LogP contribution in [0.1, 0.15) is 52.0 Å². The lowest BCUT2D eigenvalue weighted by atomic mass is 9.81. The van der Waals surface area contributed by atoms with Crippen LogP contribution < -0.4 is 11.1 Å². The highest BCUT2D eigenvalue weighted by Crippen LogP contribution is 2.27. The molecule has 0 unspecified atom stereocenters. The van der Waals surface area contributed by atoms with Gasteiger partial charge in [0.2, 0.25) is 5.91 Å². The van der Waals surface area contributed by atoms with E-state index in [1.54, 1.807) is 0 Å². The number of hydrogen-bond acceptors (Lipinski definition) is 2. The summed E-state index contributed by atoms with van der Waals surface area (Å²) in [7, 11) is 0. The van der Waals surface area contributed by atoms with Crippen LogP contribution in [-0.4, -0.2) is 12.5 Å². The lowest BCUT2D eigenvalue weighted by molar-refractivity contribution is -0.125. The summed E-state index contributed by atoms with van der Waals surface area (Å²) < 4.78 is 0. The third kappa shape index (κ3) is 3.57. The molecule has 0 fully saturated rings. The van der Waals surface area contributed by atoms with E-state index in [0.29, 0.717) is 12.5 Å². The predicted molar refractivity (Wildman–Crippen MR) is 81.2 cm³/mol. The van der Waals surface area contributed by atoms with Crippen molar-refractivity contribution in [2.45, 2.75) is 46.5 Å². The minimum atomic E-state index is -0.451. The Morgan fingerprint density at radius 1 is 1.32 bits per heavy atom. The zero-order chi connectivity index (χ0) is 14.5. The topological polar surface area (TPSA) is 55.1 Å². The average Bonchev–Trinajstić information content (AvgIpc) is 2.41. The standard InChI is InChI=1S/C16H26N2O/c1-5-16(6-2,11-17)15(19)18-14-9-7-8-13(10-14)12(3)4/h7-10,12H,5-6,11,17H2,1-4H3,(H,18,19). The van der Waals surface area contributed by atoms with Crippen molar-refractivity contribution in [1.82, 2.24) is 0 Å². The molecule has 0 spiro atoms. The minimum absolute atomic E-state index is 0.0286. The Morgan fingerprint density at radius 2 is 1.95 bits per heavy atom. The summed E-state index contributed by atoms with van der Waals surface area (Å²) in [4.78, 5) is 12.4. The van der Waals surface area contributed by atoms with Crippen molar-refractivity contribution in [2.75, 3.05) is 11.9 Å². The molecular weight excluding hydrogens is 236 g/mol. The van der Waals surface area contributed by atoms with E-state index in [-0.39, 0.29) is 5.91 Å². The number of benzene rings is 1. The van der Waals surface area contributed by atoms with Gasteiger partial charge in [-0.3, -0.25) is 4.79 Å². The van der Waals surface area contributed by atoms with Gasteiger partial charge in [-0.15, -0.1) is 0 Å². The lowest BCUT2D eigenvalue weighted by Crippen LogP contribution is -2.41. The molecule has 0 aliphatic heterocycles. The summed E-state index contributed by atoms with van der Waals surface area (Å²) in [6, 6.07) is 8.02. The molecule has 3 N–H and O–H groups in total. The smallest absolute Gasteiger partial charge is 0.231 e. The van der Waals surface area contributed by atoms with Crippen LogP contribution in [0.4, 0.5) is 5.69 Å². The first-order valence-corrected chi connectivity index (χ1v) is 7.10. The van der Waals surface area contributed by atoms with Gasteiger partial charge in [0, 0.05) is 12.2 Å². The molecule has 1 amide bonds. The second kappa shape index (κ2) is 6.71. The number of rotatable bonds is 6. The van der Waals surface area contributed by atoms with Gasteiger partial charge in [0.05, 0.1) is 5.41 Å². The minimum Gasteiger partial charge on any atom is -0.329 e. The zero-order valence-electron chi connectivity index (χ0n) is 12.5. The summed E-state index contributed by atoms with van der Waals surface area (Å²) in [6.07, 6.45) is 1.52. The van der Waals surface area contributed by atoms with Gasteiger partial charge >= 0.3 is 0 Å². The molecule has 0 radical (unpaired) electrons. The number of amides is 1. The van der Waals surface area contributed by atoms with E-state index in [4.69, 9.17) is 5.73 Å². The fourth-order valence-electron chi connectivity index (χ4n) is 2.19. The van der Waals surface area contributed by atoms with Gasteiger partial charge in [0.1, 0.15) is 0 Å². The third-order valence-corrected chi connectivity index (χ3v) is 4.04. The summed E-state index contributed by atoms with van der Waals surface area (Å²) in [5, 5.41) is 3.01. The second-order valence-corrected chi connectivity index (χ2v) is 5.43. The summed E-state index contributed by atoms with van der Waals surface area (Å²) in [5.74, 6) is 0.481. The maximum Gasteiger partial charge on any atom is 0.231 e. The van der Waals surface area contributed by atoms with Gasteiger partial charge in [-0.25, -0.2) is 0 Å². The molecule has 3 nitrogen and oxygen atoms in total. The quantitative estimate of drug-likeness (QED) is 0.824. The maximum absolute atomic E-state index is 12.4. The molecule has 0 bridgehead atoms. The molecule has 0 aliphatic carbocycles. The van der Waals surface area contributed by atoms with E-state index >= 15 is 0 Å². The van der Waals surface area contributed by atoms with Crippen LogP contribution in [0, 0.1) is 5.41 Å². The van der Waals surface area contributed by atoms with Crippen molar-refractivity contribution in [3.05, 3.63) is 29.8 Å². The maximum atomic E-state index is 12.4. The molecule has 1 aromatic carbocycles. The predicted octanol–water partition coefficient (Wildman–Crippen LogP) is 3.51. The molecule has 1 aromatic rings. The average molecular weight is 262 g/mol. The Bertz CT molecular complexity index is 414. The number of carbonyl (C=O) groups excluding carboxylic acids is 1. The third-order valence-electron chi connectivity index (χ3n) is 4.04. The number of hydrogen-bond donors (Lipinski definition) is 2. The molecule has 106 valence electrons. The summed E-state index contributed by atoms with van der Waals surface area (Å²) in [6.45, 7) is 8.70. The number of carbonyl (C=O) groups is 1. The van der Waals surface area contributed by atoms with Crippen LogP contribution in [0.5, 0.6) is 0 Å². The van der Waals surface area contributed by atoms with E-state index in [1.165, 1.54) is 5.56 Å². The first-order valence-electron chi connectivity index (χ1n) is 7.10. The molecule has 0 atom stereocenters. The first kappa shape index (κ1) is 15.7. The van der Waals surface area contributed by atoms with Gasteiger partial charge in [0.15, 0.2) is 0 Å². The fraction of sp³-hybridized carbons (Fsp3) is 0.562. The Labute approximate surface area is 116 Å². The molecule has 0 saturated carbocycles. The van der Waals surface area contributed by atoms with Crippen LogP contribution in [0.2, 0.25) is 0 Å². The summed E-state index contributed by atoms with van der Waals surface area (Å²) >= 11 is 0. The number of nitrogens with two attached hydrogens (primary N) is 1. The zero-order valence-corrected chi connectivity index (χ0v) is 12.5. The van der Waals surface area contributed by atoms with E-state index in [9.17, 15) is 4.79 Å². The SMILES string of the molecule is CCC(CC)(CN)C(=O)Nc1cccc(C(C)C)c1. The van der Waals surface area contributed by atoms with Gasteiger partial charge in [-0.2, -0.15) is 0 Å². The Kier molecular flexibility index (Phi) is 5.55. The Hall–Kier alpha value is -1.35. The van der Waals surface area contributed by atoms with Crippen molar-refractivity contribution in [3.8, 4) is 0 Å². The van der Waals surface area contributed by atoms with E-state index < -0.39 is 5.41 Å². The van der Waals surface area contributed by atoms with Crippen molar-refractivity contribution in [1.29, 1.82) is 0 Å². The highest BCUT2D eigenvalue weighted by Gasteiger charge is 2.33. The van der Waals surface area contributed by atoms with Crippen LogP contribution >= 0.6 is 0 Å². The van der Waals surface area contributed by atoms with E-state index in [2.05, 4.69) is 25.2 Å². The van der Waals surface area contributed by atoms with E-state index in [0.717, 1.165) is 18.5 Å². The monoisotopic (exact) mass is 262 g/mol. The van der Waals surface area contributed by atoms with Crippen LogP contribution in [0.3, 0.4) is 0 Å². The van der Waals surface area contributed by atoms with Gasteiger partial charge in [-0.05, 0) is 36.5 Å². The molecule has 19 heavy (non-hydrogen) atoms. The van der Waals surface area contributed by atoms with Gasteiger partial charge in [0.25, 0.3) is 0 Å². The molecule has 0 aromatic heterocycles. The highest BCUT2D eigenvalue weighted by atomic mass is 16.2. The molecule has 0 saturated heterocycles. The molecule has 3 heteroatoms. The Morgan fingerprint density at radius 3 is 2.42 bits per heavy atom. The van der Waals surface area contributed by atoms with Crippen molar-refractivity contribution in [3.63, 3.8) is 0 Å². The fourth-order valence-corrected chi connectivity index (χ4v) is 2.19. The van der Waals surface area contributed by atoms with Crippen molar-refractivity contribution in [2.24, 2.45) is 11.1 Å². The normalized spacial score (nSPS) is 11.7. The van der Waals surface area contributed by atoms with Crippen LogP contribution in [0.15, 0.2) is 24.3 Å². The second-order valence-electron chi connectivity index (χ2n) is 5.43. The number of nitrogens with one attached hydrogen (secondary N) is 1. The molecule has 0 heterocycles. The van der Waals surface area contributed by atoms with Crippen LogP contribution in [-0.2, 0) is 4.79 Å². The molecule has 0 aliphatic rings. The highest BCUT2D eigenvalue weighted by molar-refractivity contribution is 5.95. The van der Waals surface area contributed by atoms with Gasteiger partial charge < -0.3 is 11.1 Å². The van der Waals surface area contributed by atoms with Crippen LogP contribution in [0.25, 0.3) is 0 Å². The van der Waals surface area contributed by atoms with Crippen molar-refractivity contribution >= 4 is 11.6 Å². The number of anilines is 1. The lowest BCUT2D eigenvalue weighted by Gasteiger charge is -2.28. The Balaban J connectivity index is 2.90. The summed E-state index contributed by atoms with van der Waals surface area (Å²) in [5.41, 5.74) is 7.43. The van der Waals surface area contributed by atoms with E-state index in [1.807, 2.05) is 32.0 Å². The molecular formula is C16H26N2O. The molecule has 1 rings (SSSR count). The van der Waals surface area contributed by atoms with Gasteiger partial charge in [-0.1, -0.05) is 39.8 Å². The van der Waals surface area contributed by atoms with Crippen molar-refractivity contribution < 1.29 is 4.79 Å². The largest absolute Gasteiger partial charge is 0.329 e.